The molecule has 5 heteroatoms. The Bertz CT molecular complexity index is 1010. The average molecular weight is 376 g/mol. The summed E-state index contributed by atoms with van der Waals surface area (Å²) in [4.78, 5) is 24.1. The lowest BCUT2D eigenvalue weighted by Gasteiger charge is -2.14. The summed E-state index contributed by atoms with van der Waals surface area (Å²) in [6.45, 7) is 4.12. The number of aliphatic hydroxyl groups excluding tert-OH is 1. The molecule has 0 saturated heterocycles. The summed E-state index contributed by atoms with van der Waals surface area (Å²) in [6, 6.07) is 19.1. The van der Waals surface area contributed by atoms with Gasteiger partial charge in [0.1, 0.15) is 0 Å². The molecule has 3 aromatic carbocycles. The lowest BCUT2D eigenvalue weighted by molar-refractivity contribution is -0.136. The number of fused-ring (bicyclic) bond motifs is 1. The number of benzene rings is 3. The van der Waals surface area contributed by atoms with Crippen LogP contribution < -0.4 is 10.6 Å². The van der Waals surface area contributed by atoms with Crippen molar-refractivity contribution in [3.63, 3.8) is 0 Å². The van der Waals surface area contributed by atoms with E-state index in [4.69, 9.17) is 0 Å². The summed E-state index contributed by atoms with van der Waals surface area (Å²) in [7, 11) is 0. The van der Waals surface area contributed by atoms with Gasteiger partial charge in [-0.2, -0.15) is 0 Å². The van der Waals surface area contributed by atoms with Crippen LogP contribution in [-0.2, 0) is 9.59 Å². The second-order valence-corrected chi connectivity index (χ2v) is 6.88. The van der Waals surface area contributed by atoms with E-state index in [9.17, 15) is 14.7 Å². The molecule has 0 saturated carbocycles. The van der Waals surface area contributed by atoms with Crippen LogP contribution in [0.15, 0.2) is 60.7 Å². The summed E-state index contributed by atoms with van der Waals surface area (Å²) in [6.07, 6.45) is -0.411. The van der Waals surface area contributed by atoms with Gasteiger partial charge < -0.3 is 15.7 Å². The minimum atomic E-state index is -0.728. The minimum Gasteiger partial charge on any atom is -0.388 e. The molecule has 5 nitrogen and oxygen atoms in total. The van der Waals surface area contributed by atoms with Crippen LogP contribution in [0.5, 0.6) is 0 Å². The molecule has 1 atom stereocenters. The molecule has 3 N–H and O–H groups in total. The van der Waals surface area contributed by atoms with E-state index in [1.165, 1.54) is 0 Å². The van der Waals surface area contributed by atoms with Gasteiger partial charge >= 0.3 is 11.8 Å². The zero-order valence-corrected chi connectivity index (χ0v) is 16.0. The van der Waals surface area contributed by atoms with Crippen molar-refractivity contribution in [2.24, 2.45) is 0 Å². The van der Waals surface area contributed by atoms with Crippen molar-refractivity contribution in [1.82, 2.24) is 5.32 Å². The third-order valence-electron chi connectivity index (χ3n) is 4.86. The Labute approximate surface area is 164 Å². The van der Waals surface area contributed by atoms with Crippen LogP contribution >= 0.6 is 0 Å². The highest BCUT2D eigenvalue weighted by molar-refractivity contribution is 6.39. The van der Waals surface area contributed by atoms with Crippen LogP contribution in [0.2, 0.25) is 0 Å². The van der Waals surface area contributed by atoms with Gasteiger partial charge in [0.15, 0.2) is 0 Å². The predicted molar refractivity (Wildman–Crippen MR) is 111 cm³/mol. The average Bonchev–Trinajstić information content (AvgIpc) is 2.70. The number of hydrogen-bond donors (Lipinski definition) is 3. The molecule has 3 rings (SSSR count). The van der Waals surface area contributed by atoms with Crippen molar-refractivity contribution in [3.05, 3.63) is 77.4 Å². The molecule has 3 aromatic rings. The second kappa shape index (κ2) is 8.67. The molecule has 144 valence electrons. The molecule has 0 aliphatic carbocycles. The van der Waals surface area contributed by atoms with Crippen LogP contribution in [0, 0.1) is 13.8 Å². The van der Waals surface area contributed by atoms with E-state index in [1.54, 1.807) is 6.07 Å². The Morgan fingerprint density at radius 3 is 2.46 bits per heavy atom. The summed E-state index contributed by atoms with van der Waals surface area (Å²) >= 11 is 0. The minimum absolute atomic E-state index is 0.198. The zero-order chi connectivity index (χ0) is 20.1. The quantitative estimate of drug-likeness (QED) is 0.595. The fourth-order valence-electron chi connectivity index (χ4n) is 3.11. The van der Waals surface area contributed by atoms with Crippen LogP contribution in [0.1, 0.15) is 29.2 Å². The van der Waals surface area contributed by atoms with E-state index in [0.717, 1.165) is 27.5 Å². The monoisotopic (exact) mass is 376 g/mol. The highest BCUT2D eigenvalue weighted by Crippen LogP contribution is 2.25. The van der Waals surface area contributed by atoms with E-state index in [-0.39, 0.29) is 6.54 Å². The van der Waals surface area contributed by atoms with Crippen molar-refractivity contribution < 1.29 is 14.7 Å². The maximum Gasteiger partial charge on any atom is 0.313 e. The molecule has 0 radical (unpaired) electrons. The number of rotatable bonds is 5. The number of amides is 2. The number of nitrogens with one attached hydrogen (secondary N) is 2. The van der Waals surface area contributed by atoms with Gasteiger partial charge in [0.05, 0.1) is 6.10 Å². The van der Waals surface area contributed by atoms with Crippen molar-refractivity contribution in [2.75, 3.05) is 11.9 Å². The highest BCUT2D eigenvalue weighted by Gasteiger charge is 2.15. The van der Waals surface area contributed by atoms with E-state index in [1.807, 2.05) is 68.4 Å². The molecule has 0 fully saturated rings. The lowest BCUT2D eigenvalue weighted by Crippen LogP contribution is -2.36. The first-order valence-electron chi connectivity index (χ1n) is 9.28. The molecule has 0 aliphatic heterocycles. The van der Waals surface area contributed by atoms with Crippen LogP contribution in [0.4, 0.5) is 5.69 Å². The van der Waals surface area contributed by atoms with Gasteiger partial charge in [-0.15, -0.1) is 0 Å². The summed E-state index contributed by atoms with van der Waals surface area (Å²) in [5, 5.41) is 17.7. The van der Waals surface area contributed by atoms with E-state index >= 15 is 0 Å². The Kier molecular flexibility index (Phi) is 6.06. The van der Waals surface area contributed by atoms with Gasteiger partial charge in [0, 0.05) is 12.2 Å². The molecule has 1 unspecified atom stereocenters. The fraction of sp³-hybridized carbons (Fsp3) is 0.217. The molecule has 28 heavy (non-hydrogen) atoms. The van der Waals surface area contributed by atoms with Gasteiger partial charge in [-0.1, -0.05) is 48.5 Å². The van der Waals surface area contributed by atoms with Crippen molar-refractivity contribution in [3.8, 4) is 0 Å². The van der Waals surface area contributed by atoms with Gasteiger partial charge in [0.25, 0.3) is 0 Å². The second-order valence-electron chi connectivity index (χ2n) is 6.88. The molecule has 0 heterocycles. The first kappa shape index (κ1) is 19.6. The molecule has 0 aliphatic rings. The van der Waals surface area contributed by atoms with Crippen LogP contribution in [0.25, 0.3) is 10.8 Å². The van der Waals surface area contributed by atoms with Gasteiger partial charge in [-0.05, 0) is 59.9 Å². The van der Waals surface area contributed by atoms with Crippen LogP contribution in [0.3, 0.4) is 0 Å². The van der Waals surface area contributed by atoms with Gasteiger partial charge in [-0.3, -0.25) is 9.59 Å². The molecular formula is C23H24N2O3. The lowest BCUT2D eigenvalue weighted by atomic mass is 9.99. The summed E-state index contributed by atoms with van der Waals surface area (Å²) in [5.41, 5.74) is 3.55. The Morgan fingerprint density at radius 2 is 1.68 bits per heavy atom. The molecule has 0 spiro atoms. The third kappa shape index (κ3) is 4.56. The third-order valence-corrected chi connectivity index (χ3v) is 4.86. The highest BCUT2D eigenvalue weighted by atomic mass is 16.3. The van der Waals surface area contributed by atoms with Crippen molar-refractivity contribution >= 4 is 28.3 Å². The largest absolute Gasteiger partial charge is 0.388 e. The fourth-order valence-corrected chi connectivity index (χ4v) is 3.11. The maximum absolute atomic E-state index is 12.0. The summed E-state index contributed by atoms with van der Waals surface area (Å²) in [5.74, 6) is -1.44. The number of hydrogen-bond acceptors (Lipinski definition) is 3. The Balaban J connectivity index is 1.54. The van der Waals surface area contributed by atoms with E-state index in [0.29, 0.717) is 12.1 Å². The Morgan fingerprint density at radius 1 is 0.929 bits per heavy atom. The van der Waals surface area contributed by atoms with Crippen molar-refractivity contribution in [1.29, 1.82) is 0 Å². The van der Waals surface area contributed by atoms with Gasteiger partial charge in [0.2, 0.25) is 0 Å². The molecule has 0 aromatic heterocycles. The SMILES string of the molecule is Cc1ccc(NC(=O)C(=O)NCCC(O)c2cccc3ccccc23)cc1C. The van der Waals surface area contributed by atoms with E-state index in [2.05, 4.69) is 10.6 Å². The first-order chi connectivity index (χ1) is 13.5. The van der Waals surface area contributed by atoms with E-state index < -0.39 is 17.9 Å². The standard InChI is InChI=1S/C23H24N2O3/c1-15-10-11-18(14-16(15)2)25-23(28)22(27)24-13-12-21(26)20-9-5-7-17-6-3-4-8-19(17)20/h3-11,14,21,26H,12-13H2,1-2H3,(H,24,27)(H,25,28). The molecule has 2 amide bonds. The number of carbonyl (C=O) groups excluding carboxylic acids is 2. The smallest absolute Gasteiger partial charge is 0.313 e. The van der Waals surface area contributed by atoms with Crippen LogP contribution in [-0.4, -0.2) is 23.5 Å². The number of carbonyl (C=O) groups is 2. The Hall–Kier alpha value is -3.18. The zero-order valence-electron chi connectivity index (χ0n) is 16.0. The normalized spacial score (nSPS) is 11.8. The van der Waals surface area contributed by atoms with Crippen molar-refractivity contribution in [2.45, 2.75) is 26.4 Å². The first-order valence-corrected chi connectivity index (χ1v) is 9.28. The maximum atomic E-state index is 12.0. The summed E-state index contributed by atoms with van der Waals surface area (Å²) < 4.78 is 0. The topological polar surface area (TPSA) is 78.4 Å². The number of aryl methyl sites for hydroxylation is 2. The van der Waals surface area contributed by atoms with Gasteiger partial charge in [-0.25, -0.2) is 0 Å². The molecule has 0 bridgehead atoms. The molecular weight excluding hydrogens is 352 g/mol. The predicted octanol–water partition coefficient (Wildman–Crippen LogP) is 3.64. The number of anilines is 1. The number of aliphatic hydroxyl groups is 1.